The normalized spacial score (nSPS) is 12.8. The number of aromatic nitrogens is 2. The molecule has 4 nitrogen and oxygen atoms in total. The van der Waals surface area contributed by atoms with Gasteiger partial charge in [0.2, 0.25) is 0 Å². The topological polar surface area (TPSA) is 58.0 Å². The van der Waals surface area contributed by atoms with E-state index >= 15 is 0 Å². The van der Waals surface area contributed by atoms with Gasteiger partial charge in [-0.1, -0.05) is 6.92 Å². The van der Waals surface area contributed by atoms with Crippen LogP contribution in [-0.4, -0.2) is 34.1 Å². The number of rotatable bonds is 6. The van der Waals surface area contributed by atoms with E-state index < -0.39 is 12.5 Å². The molecule has 0 aromatic carbocycles. The molecule has 7 heteroatoms. The Morgan fingerprint density at radius 2 is 2.18 bits per heavy atom. The number of aliphatic hydroxyl groups excluding tert-OH is 1. The van der Waals surface area contributed by atoms with Gasteiger partial charge in [-0.05, 0) is 22.4 Å². The third kappa shape index (κ3) is 4.91. The first-order valence-electron chi connectivity index (χ1n) is 5.26. The predicted molar refractivity (Wildman–Crippen MR) is 64.2 cm³/mol. The van der Waals surface area contributed by atoms with E-state index in [0.717, 1.165) is 6.42 Å². The summed E-state index contributed by atoms with van der Waals surface area (Å²) < 4.78 is 24.7. The average molecular weight is 310 g/mol. The van der Waals surface area contributed by atoms with Crippen molar-refractivity contribution in [2.24, 2.45) is 0 Å². The summed E-state index contributed by atoms with van der Waals surface area (Å²) in [6, 6.07) is 1.58. The molecule has 0 saturated carbocycles. The summed E-state index contributed by atoms with van der Waals surface area (Å²) in [6.45, 7) is 1.75. The van der Waals surface area contributed by atoms with E-state index in [9.17, 15) is 8.78 Å². The Bertz CT molecular complexity index is 365. The summed E-state index contributed by atoms with van der Waals surface area (Å²) in [4.78, 5) is 8.29. The fraction of sp³-hybridized carbons (Fsp3) is 0.600. The summed E-state index contributed by atoms with van der Waals surface area (Å²) in [6.07, 6.45) is -2.84. The smallest absolute Gasteiger partial charge is 0.265 e. The first kappa shape index (κ1) is 14.2. The SMILES string of the molecule is CCCc1nc(Br)cc(NCC(O)C(F)F)n1. The Morgan fingerprint density at radius 3 is 2.76 bits per heavy atom. The number of halogens is 3. The van der Waals surface area contributed by atoms with Crippen LogP contribution in [0.5, 0.6) is 0 Å². The molecule has 0 radical (unpaired) electrons. The first-order valence-corrected chi connectivity index (χ1v) is 6.05. The van der Waals surface area contributed by atoms with Crippen molar-refractivity contribution in [3.8, 4) is 0 Å². The largest absolute Gasteiger partial charge is 0.385 e. The van der Waals surface area contributed by atoms with Crippen LogP contribution in [0.2, 0.25) is 0 Å². The molecule has 0 aliphatic heterocycles. The first-order chi connectivity index (χ1) is 8.02. The maximum atomic E-state index is 12.1. The second-order valence-electron chi connectivity index (χ2n) is 3.52. The molecule has 1 unspecified atom stereocenters. The molecule has 0 bridgehead atoms. The molecular formula is C10H14BrF2N3O. The van der Waals surface area contributed by atoms with E-state index in [4.69, 9.17) is 5.11 Å². The van der Waals surface area contributed by atoms with Crippen LogP contribution < -0.4 is 5.32 Å². The lowest BCUT2D eigenvalue weighted by Crippen LogP contribution is -2.27. The molecule has 17 heavy (non-hydrogen) atoms. The maximum absolute atomic E-state index is 12.1. The molecule has 0 saturated heterocycles. The highest BCUT2D eigenvalue weighted by Gasteiger charge is 2.16. The van der Waals surface area contributed by atoms with Crippen molar-refractivity contribution in [3.63, 3.8) is 0 Å². The lowest BCUT2D eigenvalue weighted by atomic mass is 10.3. The van der Waals surface area contributed by atoms with Gasteiger partial charge >= 0.3 is 0 Å². The molecular weight excluding hydrogens is 296 g/mol. The molecule has 1 atom stereocenters. The molecule has 0 aliphatic carbocycles. The zero-order valence-electron chi connectivity index (χ0n) is 9.33. The van der Waals surface area contributed by atoms with Crippen LogP contribution in [-0.2, 0) is 6.42 Å². The van der Waals surface area contributed by atoms with Gasteiger partial charge in [0, 0.05) is 19.0 Å². The lowest BCUT2D eigenvalue weighted by Gasteiger charge is -2.11. The maximum Gasteiger partial charge on any atom is 0.265 e. The van der Waals surface area contributed by atoms with Crippen molar-refractivity contribution >= 4 is 21.7 Å². The van der Waals surface area contributed by atoms with E-state index in [1.165, 1.54) is 0 Å². The van der Waals surface area contributed by atoms with E-state index in [-0.39, 0.29) is 6.54 Å². The van der Waals surface area contributed by atoms with Gasteiger partial charge in [0.05, 0.1) is 0 Å². The predicted octanol–water partition coefficient (Wildman–Crippen LogP) is 2.23. The zero-order chi connectivity index (χ0) is 12.8. The van der Waals surface area contributed by atoms with Crippen molar-refractivity contribution < 1.29 is 13.9 Å². The minimum atomic E-state index is -2.76. The fourth-order valence-corrected chi connectivity index (χ4v) is 1.61. The highest BCUT2D eigenvalue weighted by Crippen LogP contribution is 2.13. The van der Waals surface area contributed by atoms with Crippen LogP contribution in [0.1, 0.15) is 19.2 Å². The van der Waals surface area contributed by atoms with Gasteiger partial charge in [-0.3, -0.25) is 0 Å². The van der Waals surface area contributed by atoms with Crippen molar-refractivity contribution in [2.75, 3.05) is 11.9 Å². The van der Waals surface area contributed by atoms with Crippen LogP contribution >= 0.6 is 15.9 Å². The van der Waals surface area contributed by atoms with Crippen molar-refractivity contribution in [1.82, 2.24) is 9.97 Å². The van der Waals surface area contributed by atoms with E-state index in [2.05, 4.69) is 31.2 Å². The van der Waals surface area contributed by atoms with Gasteiger partial charge in [0.15, 0.2) is 0 Å². The van der Waals surface area contributed by atoms with Crippen LogP contribution in [0.15, 0.2) is 10.7 Å². The monoisotopic (exact) mass is 309 g/mol. The van der Waals surface area contributed by atoms with E-state index in [0.29, 0.717) is 22.7 Å². The molecule has 0 spiro atoms. The number of nitrogens with zero attached hydrogens (tertiary/aromatic N) is 2. The number of aliphatic hydroxyl groups is 1. The number of hydrogen-bond donors (Lipinski definition) is 2. The van der Waals surface area contributed by atoms with Crippen molar-refractivity contribution in [3.05, 3.63) is 16.5 Å². The molecule has 1 aromatic rings. The molecule has 0 fully saturated rings. The number of alkyl halides is 2. The summed E-state index contributed by atoms with van der Waals surface area (Å²) in [5, 5.41) is 11.6. The van der Waals surface area contributed by atoms with Gasteiger partial charge < -0.3 is 10.4 Å². The molecule has 1 heterocycles. The molecule has 0 amide bonds. The van der Waals surface area contributed by atoms with Crippen molar-refractivity contribution in [1.29, 1.82) is 0 Å². The molecule has 96 valence electrons. The molecule has 2 N–H and O–H groups in total. The Labute approximate surface area is 107 Å². The van der Waals surface area contributed by atoms with Crippen molar-refractivity contribution in [2.45, 2.75) is 32.3 Å². The quantitative estimate of drug-likeness (QED) is 0.791. The summed E-state index contributed by atoms with van der Waals surface area (Å²) >= 11 is 3.22. The lowest BCUT2D eigenvalue weighted by molar-refractivity contribution is 0.00380. The minimum absolute atomic E-state index is 0.243. The van der Waals surface area contributed by atoms with Crippen LogP contribution in [0.3, 0.4) is 0 Å². The zero-order valence-corrected chi connectivity index (χ0v) is 10.9. The molecule has 1 rings (SSSR count). The Hall–Kier alpha value is -0.820. The number of hydrogen-bond acceptors (Lipinski definition) is 4. The standard InChI is InChI=1S/C10H14BrF2N3O/c1-2-3-8-15-7(11)4-9(16-8)14-5-6(17)10(12)13/h4,6,10,17H,2-3,5H2,1H3,(H,14,15,16). The van der Waals surface area contributed by atoms with Gasteiger partial charge in [-0.2, -0.15) is 0 Å². The highest BCUT2D eigenvalue weighted by molar-refractivity contribution is 9.10. The van der Waals surface area contributed by atoms with Crippen LogP contribution in [0.25, 0.3) is 0 Å². The average Bonchev–Trinajstić information content (AvgIpc) is 2.25. The highest BCUT2D eigenvalue weighted by atomic mass is 79.9. The number of anilines is 1. The Kier molecular flexibility index (Phi) is 5.70. The second kappa shape index (κ2) is 6.80. The minimum Gasteiger partial charge on any atom is -0.385 e. The molecule has 1 aromatic heterocycles. The third-order valence-corrected chi connectivity index (χ3v) is 2.40. The van der Waals surface area contributed by atoms with Gasteiger partial charge in [0.1, 0.15) is 22.3 Å². The number of aryl methyl sites for hydroxylation is 1. The second-order valence-corrected chi connectivity index (χ2v) is 4.34. The number of nitrogens with one attached hydrogen (secondary N) is 1. The van der Waals surface area contributed by atoms with Gasteiger partial charge in [-0.15, -0.1) is 0 Å². The summed E-state index contributed by atoms with van der Waals surface area (Å²) in [5.74, 6) is 1.06. The third-order valence-electron chi connectivity index (χ3n) is 2.00. The Balaban J connectivity index is 2.64. The van der Waals surface area contributed by atoms with E-state index in [1.807, 2.05) is 6.92 Å². The van der Waals surface area contributed by atoms with Gasteiger partial charge in [0.25, 0.3) is 6.43 Å². The molecule has 0 aliphatic rings. The Morgan fingerprint density at radius 1 is 1.47 bits per heavy atom. The summed E-state index contributed by atoms with van der Waals surface area (Å²) in [5.41, 5.74) is 0. The fourth-order valence-electron chi connectivity index (χ4n) is 1.19. The van der Waals surface area contributed by atoms with Crippen LogP contribution in [0, 0.1) is 0 Å². The van der Waals surface area contributed by atoms with E-state index in [1.54, 1.807) is 6.07 Å². The van der Waals surface area contributed by atoms with Crippen LogP contribution in [0.4, 0.5) is 14.6 Å². The van der Waals surface area contributed by atoms with Gasteiger partial charge in [-0.25, -0.2) is 18.7 Å². The summed E-state index contributed by atoms with van der Waals surface area (Å²) in [7, 11) is 0.